The van der Waals surface area contributed by atoms with Crippen LogP contribution in [0.3, 0.4) is 0 Å². The highest BCUT2D eigenvalue weighted by Crippen LogP contribution is 2.31. The molecule has 0 saturated heterocycles. The minimum absolute atomic E-state index is 0.740. The average Bonchev–Trinajstić information content (AvgIpc) is 2.34. The molecule has 2 rings (SSSR count). The van der Waals surface area contributed by atoms with E-state index in [-0.39, 0.29) is 0 Å². The summed E-state index contributed by atoms with van der Waals surface area (Å²) in [6, 6.07) is 14.0. The molecule has 0 aliphatic heterocycles. The van der Waals surface area contributed by atoms with Crippen LogP contribution < -0.4 is 11.1 Å². The van der Waals surface area contributed by atoms with E-state index in [1.165, 1.54) is 4.90 Å². The topological polar surface area (TPSA) is 38.0 Å². The van der Waals surface area contributed by atoms with Gasteiger partial charge in [0.2, 0.25) is 0 Å². The SMILES string of the molecule is CSc1ccccc1Nc1cc(Br)ccc1N. The summed E-state index contributed by atoms with van der Waals surface area (Å²) >= 11 is 5.15. The van der Waals surface area contributed by atoms with Crippen LogP contribution in [0, 0.1) is 0 Å². The van der Waals surface area contributed by atoms with Crippen LogP contribution in [-0.2, 0) is 0 Å². The highest BCUT2D eigenvalue weighted by Gasteiger charge is 2.04. The number of benzene rings is 2. The van der Waals surface area contributed by atoms with Gasteiger partial charge in [0.05, 0.1) is 17.1 Å². The number of hydrogen-bond donors (Lipinski definition) is 2. The summed E-state index contributed by atoms with van der Waals surface area (Å²) in [4.78, 5) is 1.20. The number of nitrogen functional groups attached to an aromatic ring is 1. The third-order valence-electron chi connectivity index (χ3n) is 2.39. The highest BCUT2D eigenvalue weighted by atomic mass is 79.9. The second-order valence-corrected chi connectivity index (χ2v) is 5.32. The van der Waals surface area contributed by atoms with E-state index < -0.39 is 0 Å². The van der Waals surface area contributed by atoms with Gasteiger partial charge in [-0.1, -0.05) is 28.1 Å². The quantitative estimate of drug-likeness (QED) is 0.648. The zero-order chi connectivity index (χ0) is 12.3. The molecule has 0 bridgehead atoms. The monoisotopic (exact) mass is 308 g/mol. The van der Waals surface area contributed by atoms with E-state index in [4.69, 9.17) is 5.73 Å². The molecule has 0 heterocycles. The molecule has 0 saturated carbocycles. The lowest BCUT2D eigenvalue weighted by Crippen LogP contribution is -1.97. The number of nitrogens with two attached hydrogens (primary N) is 1. The minimum atomic E-state index is 0.740. The molecule has 0 spiro atoms. The Morgan fingerprint density at radius 1 is 1.12 bits per heavy atom. The summed E-state index contributed by atoms with van der Waals surface area (Å²) in [5.41, 5.74) is 8.67. The van der Waals surface area contributed by atoms with E-state index in [9.17, 15) is 0 Å². The van der Waals surface area contributed by atoms with Crippen molar-refractivity contribution in [2.24, 2.45) is 0 Å². The molecule has 88 valence electrons. The number of nitrogens with one attached hydrogen (secondary N) is 1. The van der Waals surface area contributed by atoms with Gasteiger partial charge in [-0.05, 0) is 36.6 Å². The molecule has 0 radical (unpaired) electrons. The Balaban J connectivity index is 2.34. The van der Waals surface area contributed by atoms with Crippen LogP contribution in [-0.4, -0.2) is 6.26 Å². The fraction of sp³-hybridized carbons (Fsp3) is 0.0769. The van der Waals surface area contributed by atoms with Crippen LogP contribution in [0.5, 0.6) is 0 Å². The van der Waals surface area contributed by atoms with Gasteiger partial charge in [0.25, 0.3) is 0 Å². The smallest absolute Gasteiger partial charge is 0.0629 e. The van der Waals surface area contributed by atoms with Crippen molar-refractivity contribution in [2.45, 2.75) is 4.90 Å². The van der Waals surface area contributed by atoms with Gasteiger partial charge in [0, 0.05) is 9.37 Å². The van der Waals surface area contributed by atoms with Crippen molar-refractivity contribution in [1.29, 1.82) is 0 Å². The van der Waals surface area contributed by atoms with Crippen molar-refractivity contribution in [3.63, 3.8) is 0 Å². The van der Waals surface area contributed by atoms with Crippen LogP contribution in [0.25, 0.3) is 0 Å². The molecule has 0 atom stereocenters. The summed E-state index contributed by atoms with van der Waals surface area (Å²) in [5, 5.41) is 3.36. The van der Waals surface area contributed by atoms with Gasteiger partial charge in [0.1, 0.15) is 0 Å². The van der Waals surface area contributed by atoms with E-state index in [1.54, 1.807) is 11.8 Å². The molecule has 0 fully saturated rings. The Bertz CT molecular complexity index is 529. The van der Waals surface area contributed by atoms with Crippen LogP contribution >= 0.6 is 27.7 Å². The number of para-hydroxylation sites is 1. The van der Waals surface area contributed by atoms with E-state index in [0.717, 1.165) is 21.5 Å². The number of hydrogen-bond acceptors (Lipinski definition) is 3. The van der Waals surface area contributed by atoms with Crippen LogP contribution in [0.1, 0.15) is 0 Å². The maximum absolute atomic E-state index is 5.94. The molecule has 4 heteroatoms. The Morgan fingerprint density at radius 2 is 1.88 bits per heavy atom. The van der Waals surface area contributed by atoms with E-state index in [0.29, 0.717) is 0 Å². The molecule has 0 aromatic heterocycles. The fourth-order valence-corrected chi connectivity index (χ4v) is 2.44. The first-order valence-corrected chi connectivity index (χ1v) is 7.17. The minimum Gasteiger partial charge on any atom is -0.397 e. The zero-order valence-corrected chi connectivity index (χ0v) is 11.8. The third-order valence-corrected chi connectivity index (χ3v) is 3.68. The molecule has 0 amide bonds. The van der Waals surface area contributed by atoms with Crippen LogP contribution in [0.2, 0.25) is 0 Å². The first-order chi connectivity index (χ1) is 8.20. The predicted octanol–water partition coefficient (Wildman–Crippen LogP) is 4.50. The van der Waals surface area contributed by atoms with Crippen molar-refractivity contribution in [2.75, 3.05) is 17.3 Å². The van der Waals surface area contributed by atoms with Gasteiger partial charge < -0.3 is 11.1 Å². The molecule has 0 aliphatic carbocycles. The van der Waals surface area contributed by atoms with Gasteiger partial charge in [-0.25, -0.2) is 0 Å². The van der Waals surface area contributed by atoms with Crippen molar-refractivity contribution >= 4 is 44.8 Å². The predicted molar refractivity (Wildman–Crippen MR) is 80.1 cm³/mol. The molecule has 17 heavy (non-hydrogen) atoms. The van der Waals surface area contributed by atoms with E-state index in [1.807, 2.05) is 36.4 Å². The number of rotatable bonds is 3. The first kappa shape index (κ1) is 12.3. The lowest BCUT2D eigenvalue weighted by atomic mass is 10.2. The van der Waals surface area contributed by atoms with Crippen molar-refractivity contribution in [1.82, 2.24) is 0 Å². The molecular formula is C13H13BrN2S. The van der Waals surface area contributed by atoms with Crippen molar-refractivity contribution < 1.29 is 0 Å². The molecule has 0 unspecified atom stereocenters. The van der Waals surface area contributed by atoms with E-state index >= 15 is 0 Å². The maximum Gasteiger partial charge on any atom is 0.0629 e. The lowest BCUT2D eigenvalue weighted by molar-refractivity contribution is 1.41. The van der Waals surface area contributed by atoms with E-state index in [2.05, 4.69) is 33.6 Å². The van der Waals surface area contributed by atoms with Gasteiger partial charge >= 0.3 is 0 Å². The Morgan fingerprint density at radius 3 is 2.65 bits per heavy atom. The first-order valence-electron chi connectivity index (χ1n) is 5.16. The number of thioether (sulfide) groups is 1. The standard InChI is InChI=1S/C13H13BrN2S/c1-17-13-5-3-2-4-11(13)16-12-8-9(14)6-7-10(12)15/h2-8,16H,15H2,1H3. The molecule has 0 aliphatic rings. The summed E-state index contributed by atoms with van der Waals surface area (Å²) in [6.07, 6.45) is 2.06. The molecule has 2 aromatic carbocycles. The molecular weight excluding hydrogens is 296 g/mol. The largest absolute Gasteiger partial charge is 0.397 e. The second kappa shape index (κ2) is 5.47. The summed E-state index contributed by atoms with van der Waals surface area (Å²) in [6.45, 7) is 0. The van der Waals surface area contributed by atoms with Gasteiger partial charge in [-0.3, -0.25) is 0 Å². The molecule has 2 nitrogen and oxygen atoms in total. The van der Waals surface area contributed by atoms with Crippen molar-refractivity contribution in [3.8, 4) is 0 Å². The van der Waals surface area contributed by atoms with Crippen molar-refractivity contribution in [3.05, 3.63) is 46.9 Å². The average molecular weight is 309 g/mol. The number of halogens is 1. The summed E-state index contributed by atoms with van der Waals surface area (Å²) in [5.74, 6) is 0. The molecule has 2 aromatic rings. The van der Waals surface area contributed by atoms with Gasteiger partial charge in [-0.15, -0.1) is 11.8 Å². The maximum atomic E-state index is 5.94. The molecule has 3 N–H and O–H groups in total. The Kier molecular flexibility index (Phi) is 3.97. The van der Waals surface area contributed by atoms with Crippen LogP contribution in [0.15, 0.2) is 51.8 Å². The highest BCUT2D eigenvalue weighted by molar-refractivity contribution is 9.10. The Labute approximate surface area is 114 Å². The Hall–Kier alpha value is -1.13. The fourth-order valence-electron chi connectivity index (χ4n) is 1.53. The van der Waals surface area contributed by atoms with Gasteiger partial charge in [0.15, 0.2) is 0 Å². The second-order valence-electron chi connectivity index (χ2n) is 3.56. The normalized spacial score (nSPS) is 10.2. The zero-order valence-electron chi connectivity index (χ0n) is 9.41. The number of anilines is 3. The van der Waals surface area contributed by atoms with Crippen LogP contribution in [0.4, 0.5) is 17.1 Å². The summed E-state index contributed by atoms with van der Waals surface area (Å²) < 4.78 is 1.01. The summed E-state index contributed by atoms with van der Waals surface area (Å²) in [7, 11) is 0. The van der Waals surface area contributed by atoms with Gasteiger partial charge in [-0.2, -0.15) is 0 Å². The lowest BCUT2D eigenvalue weighted by Gasteiger charge is -2.12. The third kappa shape index (κ3) is 2.96.